The van der Waals surface area contributed by atoms with Gasteiger partial charge >= 0.3 is 6.01 Å². The van der Waals surface area contributed by atoms with Crippen LogP contribution < -0.4 is 10.5 Å². The van der Waals surface area contributed by atoms with Gasteiger partial charge in [-0.25, -0.2) is 0 Å². The van der Waals surface area contributed by atoms with Gasteiger partial charge in [0.25, 0.3) is 0 Å². The molecule has 0 radical (unpaired) electrons. The molecular formula is C11H11BrN4OS. The summed E-state index contributed by atoms with van der Waals surface area (Å²) in [6.07, 6.45) is 0. The lowest BCUT2D eigenvalue weighted by Crippen LogP contribution is -2.04. The third-order valence-corrected chi connectivity index (χ3v) is 3.31. The van der Waals surface area contributed by atoms with E-state index >= 15 is 0 Å². The van der Waals surface area contributed by atoms with E-state index < -0.39 is 0 Å². The zero-order valence-corrected chi connectivity index (χ0v) is 12.0. The van der Waals surface area contributed by atoms with E-state index in [1.54, 1.807) is 0 Å². The van der Waals surface area contributed by atoms with E-state index in [1.807, 2.05) is 31.2 Å². The first-order valence-corrected chi connectivity index (χ1v) is 6.86. The number of ether oxygens (including phenoxy) is 1. The Morgan fingerprint density at radius 2 is 1.94 bits per heavy atom. The minimum atomic E-state index is 0.160. The summed E-state index contributed by atoms with van der Waals surface area (Å²) in [6.45, 7) is 2.35. The quantitative estimate of drug-likeness (QED) is 0.931. The van der Waals surface area contributed by atoms with Crippen LogP contribution in [-0.2, 0) is 0 Å². The van der Waals surface area contributed by atoms with Gasteiger partial charge in [0, 0.05) is 9.37 Å². The van der Waals surface area contributed by atoms with Crippen LogP contribution in [0.15, 0.2) is 38.8 Å². The molecule has 0 amide bonds. The van der Waals surface area contributed by atoms with Crippen LogP contribution in [-0.4, -0.2) is 21.6 Å². The average Bonchev–Trinajstić information content (AvgIpc) is 2.32. The van der Waals surface area contributed by atoms with Gasteiger partial charge < -0.3 is 10.5 Å². The largest absolute Gasteiger partial charge is 0.464 e. The van der Waals surface area contributed by atoms with Crippen LogP contribution in [0.2, 0.25) is 0 Å². The van der Waals surface area contributed by atoms with E-state index in [4.69, 9.17) is 10.5 Å². The molecule has 0 aliphatic rings. The fraction of sp³-hybridized carbons (Fsp3) is 0.182. The molecule has 0 atom stereocenters. The molecule has 0 unspecified atom stereocenters. The van der Waals surface area contributed by atoms with Crippen LogP contribution in [0.25, 0.3) is 0 Å². The third-order valence-electron chi connectivity index (χ3n) is 1.91. The summed E-state index contributed by atoms with van der Waals surface area (Å²) in [5, 5.41) is 0.522. The molecule has 0 saturated heterocycles. The molecule has 1 aromatic heterocycles. The molecule has 1 heterocycles. The maximum Gasteiger partial charge on any atom is 0.322 e. The fourth-order valence-electron chi connectivity index (χ4n) is 1.20. The topological polar surface area (TPSA) is 73.9 Å². The van der Waals surface area contributed by atoms with Crippen LogP contribution in [0.4, 0.5) is 5.95 Å². The number of anilines is 1. The summed E-state index contributed by atoms with van der Waals surface area (Å²) in [7, 11) is 0. The molecule has 2 N–H and O–H groups in total. The first kappa shape index (κ1) is 13.1. The average molecular weight is 327 g/mol. The number of hydrogen-bond donors (Lipinski definition) is 1. The summed E-state index contributed by atoms with van der Waals surface area (Å²) in [5.41, 5.74) is 5.60. The monoisotopic (exact) mass is 326 g/mol. The molecule has 5 nitrogen and oxygen atoms in total. The molecule has 1 aromatic carbocycles. The van der Waals surface area contributed by atoms with Crippen LogP contribution in [0.1, 0.15) is 6.92 Å². The molecule has 18 heavy (non-hydrogen) atoms. The molecule has 0 spiro atoms. The summed E-state index contributed by atoms with van der Waals surface area (Å²) >= 11 is 4.79. The number of aromatic nitrogens is 3. The van der Waals surface area contributed by atoms with E-state index in [1.165, 1.54) is 11.8 Å². The van der Waals surface area contributed by atoms with Crippen LogP contribution in [0.5, 0.6) is 6.01 Å². The molecule has 0 aliphatic carbocycles. The molecule has 0 bridgehead atoms. The van der Waals surface area contributed by atoms with Crippen LogP contribution in [0.3, 0.4) is 0 Å². The van der Waals surface area contributed by atoms with Crippen LogP contribution in [0, 0.1) is 0 Å². The van der Waals surface area contributed by atoms with Gasteiger partial charge in [-0.1, -0.05) is 15.9 Å². The number of nitrogen functional groups attached to an aromatic ring is 1. The van der Waals surface area contributed by atoms with Gasteiger partial charge in [0.15, 0.2) is 0 Å². The van der Waals surface area contributed by atoms with Gasteiger partial charge in [0.2, 0.25) is 11.1 Å². The van der Waals surface area contributed by atoms with Crippen molar-refractivity contribution in [3.05, 3.63) is 28.7 Å². The Labute approximate surface area is 117 Å². The Morgan fingerprint density at radius 3 is 2.61 bits per heavy atom. The summed E-state index contributed by atoms with van der Waals surface area (Å²) in [6, 6.07) is 8.10. The lowest BCUT2D eigenvalue weighted by Gasteiger charge is -2.04. The van der Waals surface area contributed by atoms with Crippen molar-refractivity contribution < 1.29 is 4.74 Å². The van der Waals surface area contributed by atoms with Crippen molar-refractivity contribution in [3.8, 4) is 6.01 Å². The van der Waals surface area contributed by atoms with Crippen molar-refractivity contribution >= 4 is 33.6 Å². The lowest BCUT2D eigenvalue weighted by atomic mass is 10.4. The second kappa shape index (κ2) is 6.01. The Balaban J connectivity index is 2.20. The molecule has 7 heteroatoms. The standard InChI is InChI=1S/C11H11BrN4OS/c1-2-17-10-14-9(13)15-11(16-10)18-8-5-3-7(12)4-6-8/h3-6H,2H2,1H3,(H2,13,14,15,16). The summed E-state index contributed by atoms with van der Waals surface area (Å²) in [5.74, 6) is 0.160. The molecule has 0 aliphatic heterocycles. The van der Waals surface area contributed by atoms with Gasteiger partial charge in [0.1, 0.15) is 0 Å². The molecule has 94 valence electrons. The highest BCUT2D eigenvalue weighted by atomic mass is 79.9. The zero-order chi connectivity index (χ0) is 13.0. The normalized spacial score (nSPS) is 10.3. The van der Waals surface area contributed by atoms with E-state index in [9.17, 15) is 0 Å². The van der Waals surface area contributed by atoms with Crippen LogP contribution >= 0.6 is 27.7 Å². The third kappa shape index (κ3) is 3.58. The Bertz CT molecular complexity index is 535. The SMILES string of the molecule is CCOc1nc(N)nc(Sc2ccc(Br)cc2)n1. The highest BCUT2D eigenvalue weighted by Gasteiger charge is 2.06. The van der Waals surface area contributed by atoms with Crippen molar-refractivity contribution in [2.75, 3.05) is 12.3 Å². The number of halogens is 1. The number of nitrogens with two attached hydrogens (primary N) is 1. The smallest absolute Gasteiger partial charge is 0.322 e. The van der Waals surface area contributed by atoms with Gasteiger partial charge in [-0.2, -0.15) is 15.0 Å². The van der Waals surface area contributed by atoms with E-state index in [0.717, 1.165) is 9.37 Å². The van der Waals surface area contributed by atoms with Crippen molar-refractivity contribution in [2.24, 2.45) is 0 Å². The number of rotatable bonds is 4. The summed E-state index contributed by atoms with van der Waals surface area (Å²) < 4.78 is 6.25. The van der Waals surface area contributed by atoms with E-state index in [0.29, 0.717) is 11.8 Å². The fourth-order valence-corrected chi connectivity index (χ4v) is 2.21. The van der Waals surface area contributed by atoms with E-state index in [-0.39, 0.29) is 12.0 Å². The minimum absolute atomic E-state index is 0.160. The van der Waals surface area contributed by atoms with Crippen molar-refractivity contribution in [1.82, 2.24) is 15.0 Å². The molecule has 0 saturated carbocycles. The predicted molar refractivity (Wildman–Crippen MR) is 73.7 cm³/mol. The van der Waals surface area contributed by atoms with E-state index in [2.05, 4.69) is 30.9 Å². The number of benzene rings is 1. The molecule has 0 fully saturated rings. The zero-order valence-electron chi connectivity index (χ0n) is 9.63. The van der Waals surface area contributed by atoms with Crippen molar-refractivity contribution in [3.63, 3.8) is 0 Å². The maximum absolute atomic E-state index is 5.60. The van der Waals surface area contributed by atoms with Gasteiger partial charge in [-0.05, 0) is 43.0 Å². The molecule has 2 rings (SSSR count). The minimum Gasteiger partial charge on any atom is -0.464 e. The summed E-state index contributed by atoms with van der Waals surface area (Å²) in [4.78, 5) is 13.1. The Kier molecular flexibility index (Phi) is 4.38. The van der Waals surface area contributed by atoms with Crippen molar-refractivity contribution in [1.29, 1.82) is 0 Å². The Hall–Kier alpha value is -1.34. The number of hydrogen-bond acceptors (Lipinski definition) is 6. The maximum atomic E-state index is 5.60. The first-order valence-electron chi connectivity index (χ1n) is 5.25. The second-order valence-electron chi connectivity index (χ2n) is 3.25. The Morgan fingerprint density at radius 1 is 1.22 bits per heavy atom. The highest BCUT2D eigenvalue weighted by Crippen LogP contribution is 2.27. The van der Waals surface area contributed by atoms with Crippen molar-refractivity contribution in [2.45, 2.75) is 17.0 Å². The predicted octanol–water partition coefficient (Wildman–Crippen LogP) is 2.77. The highest BCUT2D eigenvalue weighted by molar-refractivity contribution is 9.10. The molecular weight excluding hydrogens is 316 g/mol. The lowest BCUT2D eigenvalue weighted by molar-refractivity contribution is 0.308. The van der Waals surface area contributed by atoms with Gasteiger partial charge in [-0.15, -0.1) is 0 Å². The van der Waals surface area contributed by atoms with Gasteiger partial charge in [0.05, 0.1) is 6.61 Å². The van der Waals surface area contributed by atoms with Gasteiger partial charge in [-0.3, -0.25) is 0 Å². The molecule has 2 aromatic rings. The number of nitrogens with zero attached hydrogens (tertiary/aromatic N) is 3. The first-order chi connectivity index (χ1) is 8.67. The second-order valence-corrected chi connectivity index (χ2v) is 5.20.